The second-order valence-corrected chi connectivity index (χ2v) is 10.6. The number of aromatic nitrogens is 4. The molecule has 1 fully saturated rings. The molecule has 11 heteroatoms. The molecule has 0 aliphatic carbocycles. The number of nitrogens with zero attached hydrogens (tertiary/aromatic N) is 6. The number of likely N-dealkylation sites (tertiary alicyclic amines) is 1. The molecule has 5 rings (SSSR count). The third-order valence-electron chi connectivity index (χ3n) is 6.03. The highest BCUT2D eigenvalue weighted by atomic mass is 32.1. The van der Waals surface area contributed by atoms with E-state index in [4.69, 9.17) is 0 Å². The van der Waals surface area contributed by atoms with Crippen LogP contribution in [-0.4, -0.2) is 56.8 Å². The molecule has 35 heavy (non-hydrogen) atoms. The van der Waals surface area contributed by atoms with Gasteiger partial charge in [0.15, 0.2) is 5.82 Å². The van der Waals surface area contributed by atoms with E-state index >= 15 is 0 Å². The Bertz CT molecular complexity index is 1390. The van der Waals surface area contributed by atoms with Gasteiger partial charge in [0, 0.05) is 31.4 Å². The molecule has 0 unspecified atom stereocenters. The molecule has 4 heterocycles. The SMILES string of the molecule is Cc1nc(C)c(C(=O)N2CCC(c3nc(C(=O)NN(C)c4cnc5ccccc5n4)cs3)CC2)s1. The number of hydrazine groups is 1. The monoisotopic (exact) mass is 507 g/mol. The lowest BCUT2D eigenvalue weighted by Gasteiger charge is -2.30. The van der Waals surface area contributed by atoms with E-state index in [1.54, 1.807) is 23.6 Å². The first-order chi connectivity index (χ1) is 16.9. The Labute approximate surface area is 210 Å². The summed E-state index contributed by atoms with van der Waals surface area (Å²) < 4.78 is 0. The van der Waals surface area contributed by atoms with Crippen LogP contribution < -0.4 is 10.4 Å². The van der Waals surface area contributed by atoms with Crippen molar-refractivity contribution in [3.8, 4) is 0 Å². The molecule has 1 N–H and O–H groups in total. The zero-order chi connectivity index (χ0) is 24.5. The maximum atomic E-state index is 12.9. The maximum absolute atomic E-state index is 12.9. The number of hydrogen-bond donors (Lipinski definition) is 1. The first-order valence-corrected chi connectivity index (χ1v) is 13.0. The number of carbonyl (C=O) groups is 2. The van der Waals surface area contributed by atoms with Gasteiger partial charge in [0.25, 0.3) is 11.8 Å². The fourth-order valence-corrected chi connectivity index (χ4v) is 6.02. The summed E-state index contributed by atoms with van der Waals surface area (Å²) in [6.45, 7) is 5.15. The molecular formula is C24H25N7O2S2. The largest absolute Gasteiger partial charge is 0.338 e. The molecule has 0 saturated carbocycles. The molecule has 0 atom stereocenters. The number of thiazole rings is 2. The number of piperidine rings is 1. The summed E-state index contributed by atoms with van der Waals surface area (Å²) in [4.78, 5) is 46.2. The average Bonchev–Trinajstić information content (AvgIpc) is 3.50. The summed E-state index contributed by atoms with van der Waals surface area (Å²) in [5.74, 6) is 0.536. The van der Waals surface area contributed by atoms with E-state index in [0.717, 1.165) is 44.5 Å². The number of nitrogens with one attached hydrogen (secondary N) is 1. The van der Waals surface area contributed by atoms with Crippen LogP contribution in [0.25, 0.3) is 11.0 Å². The quantitative estimate of drug-likeness (QED) is 0.408. The highest BCUT2D eigenvalue weighted by Crippen LogP contribution is 2.31. The van der Waals surface area contributed by atoms with Crippen LogP contribution in [0.2, 0.25) is 0 Å². The summed E-state index contributed by atoms with van der Waals surface area (Å²) in [6.07, 6.45) is 3.27. The summed E-state index contributed by atoms with van der Waals surface area (Å²) in [7, 11) is 1.73. The summed E-state index contributed by atoms with van der Waals surface area (Å²) in [5, 5.41) is 5.17. The molecule has 0 radical (unpaired) electrons. The second-order valence-electron chi connectivity index (χ2n) is 8.50. The van der Waals surface area contributed by atoms with E-state index in [2.05, 4.69) is 25.4 Å². The Kier molecular flexibility index (Phi) is 6.44. The molecule has 9 nitrogen and oxygen atoms in total. The maximum Gasteiger partial charge on any atom is 0.289 e. The Morgan fingerprint density at radius 1 is 1.09 bits per heavy atom. The number of rotatable bonds is 5. The van der Waals surface area contributed by atoms with Gasteiger partial charge in [0.05, 0.1) is 32.9 Å². The molecule has 2 amide bonds. The van der Waals surface area contributed by atoms with Crippen molar-refractivity contribution >= 4 is 51.3 Å². The van der Waals surface area contributed by atoms with Crippen molar-refractivity contribution in [3.63, 3.8) is 0 Å². The first kappa shape index (κ1) is 23.3. The van der Waals surface area contributed by atoms with E-state index in [1.807, 2.05) is 43.0 Å². The van der Waals surface area contributed by atoms with Gasteiger partial charge in [-0.15, -0.1) is 22.7 Å². The van der Waals surface area contributed by atoms with Crippen LogP contribution in [0.4, 0.5) is 5.82 Å². The molecule has 1 aliphatic heterocycles. The lowest BCUT2D eigenvalue weighted by atomic mass is 9.97. The first-order valence-electron chi connectivity index (χ1n) is 11.3. The highest BCUT2D eigenvalue weighted by molar-refractivity contribution is 7.13. The van der Waals surface area contributed by atoms with Gasteiger partial charge in [-0.2, -0.15) is 0 Å². The summed E-state index contributed by atoms with van der Waals surface area (Å²) in [6, 6.07) is 7.58. The van der Waals surface area contributed by atoms with Crippen molar-refractivity contribution in [2.24, 2.45) is 0 Å². The fraction of sp³-hybridized carbons (Fsp3) is 0.333. The molecule has 0 bridgehead atoms. The van der Waals surface area contributed by atoms with Crippen LogP contribution in [0.5, 0.6) is 0 Å². The molecule has 0 spiro atoms. The third-order valence-corrected chi connectivity index (χ3v) is 8.10. The van der Waals surface area contributed by atoms with E-state index in [0.29, 0.717) is 24.6 Å². The number of hydrogen-bond acceptors (Lipinski definition) is 9. The van der Waals surface area contributed by atoms with Crippen molar-refractivity contribution in [3.05, 3.63) is 62.1 Å². The normalized spacial score (nSPS) is 14.3. The standard InChI is InChI=1S/C24H25N7O2S2/c1-14-21(35-15(2)26-14)24(33)31-10-8-16(9-11-31)23-28-19(13-34-23)22(32)29-30(3)20-12-25-17-6-4-5-7-18(17)27-20/h4-7,12-13,16H,8-11H2,1-3H3,(H,29,32). The number of para-hydroxylation sites is 2. The van der Waals surface area contributed by atoms with Crippen molar-refractivity contribution in [2.75, 3.05) is 25.1 Å². The third kappa shape index (κ3) is 4.87. The molecule has 180 valence electrons. The van der Waals surface area contributed by atoms with Crippen molar-refractivity contribution in [2.45, 2.75) is 32.6 Å². The number of amides is 2. The highest BCUT2D eigenvalue weighted by Gasteiger charge is 2.28. The average molecular weight is 508 g/mol. The number of carbonyl (C=O) groups excluding carboxylic acids is 2. The van der Waals surface area contributed by atoms with Gasteiger partial charge in [-0.25, -0.2) is 15.0 Å². The molecule has 3 aromatic heterocycles. The minimum Gasteiger partial charge on any atom is -0.338 e. The van der Waals surface area contributed by atoms with Crippen LogP contribution in [0.3, 0.4) is 0 Å². The van der Waals surface area contributed by atoms with Crippen LogP contribution in [0.1, 0.15) is 54.6 Å². The van der Waals surface area contributed by atoms with Crippen LogP contribution in [-0.2, 0) is 0 Å². The minimum absolute atomic E-state index is 0.0607. The number of anilines is 1. The van der Waals surface area contributed by atoms with Gasteiger partial charge in [-0.05, 0) is 38.8 Å². The van der Waals surface area contributed by atoms with E-state index in [9.17, 15) is 9.59 Å². The zero-order valence-electron chi connectivity index (χ0n) is 19.7. The van der Waals surface area contributed by atoms with Crippen LogP contribution >= 0.6 is 22.7 Å². The molecule has 1 aliphatic rings. The predicted octanol–water partition coefficient (Wildman–Crippen LogP) is 3.96. The fourth-order valence-electron chi connectivity index (χ4n) is 4.16. The number of benzene rings is 1. The number of fused-ring (bicyclic) bond motifs is 1. The van der Waals surface area contributed by atoms with Crippen molar-refractivity contribution in [1.82, 2.24) is 30.3 Å². The smallest absolute Gasteiger partial charge is 0.289 e. The van der Waals surface area contributed by atoms with Crippen LogP contribution in [0, 0.1) is 13.8 Å². The molecule has 1 saturated heterocycles. The van der Waals surface area contributed by atoms with Gasteiger partial charge < -0.3 is 4.90 Å². The minimum atomic E-state index is -0.298. The Morgan fingerprint density at radius 2 is 1.83 bits per heavy atom. The molecule has 4 aromatic rings. The Morgan fingerprint density at radius 3 is 2.54 bits per heavy atom. The van der Waals surface area contributed by atoms with E-state index < -0.39 is 0 Å². The van der Waals surface area contributed by atoms with Crippen molar-refractivity contribution < 1.29 is 9.59 Å². The second kappa shape index (κ2) is 9.67. The molecule has 1 aromatic carbocycles. The Hall–Kier alpha value is -3.44. The summed E-state index contributed by atoms with van der Waals surface area (Å²) >= 11 is 2.95. The van der Waals surface area contributed by atoms with Gasteiger partial charge in [0.1, 0.15) is 10.6 Å². The van der Waals surface area contributed by atoms with Gasteiger partial charge >= 0.3 is 0 Å². The van der Waals surface area contributed by atoms with Crippen molar-refractivity contribution in [1.29, 1.82) is 0 Å². The zero-order valence-corrected chi connectivity index (χ0v) is 21.3. The lowest BCUT2D eigenvalue weighted by Crippen LogP contribution is -2.40. The molecular weight excluding hydrogens is 482 g/mol. The number of aryl methyl sites for hydroxylation is 2. The van der Waals surface area contributed by atoms with E-state index in [1.165, 1.54) is 22.7 Å². The lowest BCUT2D eigenvalue weighted by molar-refractivity contribution is 0.0717. The van der Waals surface area contributed by atoms with Gasteiger partial charge in [-0.3, -0.25) is 25.0 Å². The summed E-state index contributed by atoms with van der Waals surface area (Å²) in [5.41, 5.74) is 5.55. The predicted molar refractivity (Wildman–Crippen MR) is 137 cm³/mol. The van der Waals surface area contributed by atoms with E-state index in [-0.39, 0.29) is 17.7 Å². The van der Waals surface area contributed by atoms with Gasteiger partial charge in [0.2, 0.25) is 0 Å². The van der Waals surface area contributed by atoms with Gasteiger partial charge in [-0.1, -0.05) is 12.1 Å². The topological polar surface area (TPSA) is 104 Å². The Balaban J connectivity index is 1.19. The van der Waals surface area contributed by atoms with Crippen LogP contribution in [0.15, 0.2) is 35.8 Å².